The molecule has 6 nitrogen and oxygen atoms in total. The van der Waals surface area contributed by atoms with E-state index in [1.807, 2.05) is 42.8 Å². The fraction of sp³-hybridized carbons (Fsp3) is 0.438. The topological polar surface area (TPSA) is 69.0 Å². The van der Waals surface area contributed by atoms with Crippen LogP contribution in [0.5, 0.6) is 5.75 Å². The Kier molecular flexibility index (Phi) is 6.04. The number of carbonyl (C=O) groups is 1. The van der Waals surface area contributed by atoms with Crippen LogP contribution in [-0.2, 0) is 11.8 Å². The van der Waals surface area contributed by atoms with Gasteiger partial charge in [0.2, 0.25) is 5.91 Å². The minimum Gasteiger partial charge on any atom is -0.494 e. The predicted octanol–water partition coefficient (Wildman–Crippen LogP) is 3.07. The van der Waals surface area contributed by atoms with Gasteiger partial charge in [0.05, 0.1) is 12.4 Å². The molecule has 0 aliphatic heterocycles. The van der Waals surface area contributed by atoms with Gasteiger partial charge in [0, 0.05) is 18.7 Å². The van der Waals surface area contributed by atoms with Gasteiger partial charge >= 0.3 is 0 Å². The van der Waals surface area contributed by atoms with Gasteiger partial charge < -0.3 is 14.6 Å². The van der Waals surface area contributed by atoms with Gasteiger partial charge in [-0.15, -0.1) is 10.2 Å². The van der Waals surface area contributed by atoms with E-state index in [4.69, 9.17) is 4.74 Å². The molecule has 7 heteroatoms. The van der Waals surface area contributed by atoms with E-state index in [-0.39, 0.29) is 11.7 Å². The van der Waals surface area contributed by atoms with Crippen molar-refractivity contribution in [1.82, 2.24) is 14.8 Å². The number of amides is 1. The summed E-state index contributed by atoms with van der Waals surface area (Å²) in [5.74, 6) is 2.23. The normalized spacial score (nSPS) is 10.8. The highest BCUT2D eigenvalue weighted by Crippen LogP contribution is 2.20. The Morgan fingerprint density at radius 1 is 1.30 bits per heavy atom. The van der Waals surface area contributed by atoms with Gasteiger partial charge in [-0.1, -0.05) is 25.6 Å². The van der Waals surface area contributed by atoms with Gasteiger partial charge in [-0.3, -0.25) is 4.79 Å². The molecule has 0 bridgehead atoms. The molecule has 2 rings (SSSR count). The molecule has 1 amide bonds. The summed E-state index contributed by atoms with van der Waals surface area (Å²) in [7, 11) is 1.92. The summed E-state index contributed by atoms with van der Waals surface area (Å²) in [5.41, 5.74) is 0.750. The first-order chi connectivity index (χ1) is 11.0. The highest BCUT2D eigenvalue weighted by atomic mass is 32.2. The molecule has 0 saturated heterocycles. The third-order valence-electron chi connectivity index (χ3n) is 3.17. The van der Waals surface area contributed by atoms with Crippen molar-refractivity contribution in [2.45, 2.75) is 31.8 Å². The number of ether oxygens (including phenoxy) is 1. The number of carbonyl (C=O) groups excluding carboxylic acids is 1. The molecule has 0 aliphatic rings. The third-order valence-corrected chi connectivity index (χ3v) is 4.19. The maximum absolute atomic E-state index is 12.0. The van der Waals surface area contributed by atoms with Crippen molar-refractivity contribution in [3.05, 3.63) is 30.1 Å². The van der Waals surface area contributed by atoms with Crippen LogP contribution in [0.15, 0.2) is 29.4 Å². The van der Waals surface area contributed by atoms with Crippen LogP contribution < -0.4 is 10.1 Å². The second-order valence-electron chi connectivity index (χ2n) is 5.35. The van der Waals surface area contributed by atoms with Crippen LogP contribution in [0.25, 0.3) is 0 Å². The lowest BCUT2D eigenvalue weighted by Gasteiger charge is -2.07. The lowest BCUT2D eigenvalue weighted by molar-refractivity contribution is -0.113. The maximum Gasteiger partial charge on any atom is 0.234 e. The van der Waals surface area contributed by atoms with E-state index in [1.165, 1.54) is 11.8 Å². The Balaban J connectivity index is 1.87. The fourth-order valence-electron chi connectivity index (χ4n) is 2.08. The first kappa shape index (κ1) is 17.3. The molecule has 1 aromatic heterocycles. The number of nitrogens with zero attached hydrogens (tertiary/aromatic N) is 3. The van der Waals surface area contributed by atoms with Crippen LogP contribution in [0.1, 0.15) is 32.5 Å². The van der Waals surface area contributed by atoms with Crippen LogP contribution >= 0.6 is 11.8 Å². The molecule has 0 radical (unpaired) electrons. The third kappa shape index (κ3) is 4.72. The number of nitrogens with one attached hydrogen (secondary N) is 1. The van der Waals surface area contributed by atoms with Crippen molar-refractivity contribution >= 4 is 23.4 Å². The Labute approximate surface area is 140 Å². The van der Waals surface area contributed by atoms with Crippen molar-refractivity contribution in [1.29, 1.82) is 0 Å². The predicted molar refractivity (Wildman–Crippen MR) is 92.1 cm³/mol. The molecule has 2 aromatic rings. The molecule has 23 heavy (non-hydrogen) atoms. The van der Waals surface area contributed by atoms with Crippen molar-refractivity contribution in [3.8, 4) is 5.75 Å². The monoisotopic (exact) mass is 334 g/mol. The first-order valence-corrected chi connectivity index (χ1v) is 8.54. The summed E-state index contributed by atoms with van der Waals surface area (Å²) in [6, 6.07) is 7.33. The number of hydrogen-bond acceptors (Lipinski definition) is 5. The highest BCUT2D eigenvalue weighted by Gasteiger charge is 2.13. The number of anilines is 1. The van der Waals surface area contributed by atoms with Crippen molar-refractivity contribution in [3.63, 3.8) is 0 Å². The molecule has 1 N–H and O–H groups in total. The number of thioether (sulfide) groups is 1. The molecule has 0 spiro atoms. The average Bonchev–Trinajstić information content (AvgIpc) is 2.88. The molecule has 0 fully saturated rings. The second-order valence-corrected chi connectivity index (χ2v) is 6.29. The molecule has 1 aromatic carbocycles. The van der Waals surface area contributed by atoms with Crippen LogP contribution in [0.3, 0.4) is 0 Å². The van der Waals surface area contributed by atoms with E-state index in [2.05, 4.69) is 29.4 Å². The quantitative estimate of drug-likeness (QED) is 0.788. The molecular formula is C16H22N4O2S. The highest BCUT2D eigenvalue weighted by molar-refractivity contribution is 7.99. The summed E-state index contributed by atoms with van der Waals surface area (Å²) >= 11 is 1.38. The largest absolute Gasteiger partial charge is 0.494 e. The Hall–Kier alpha value is -2.02. The molecule has 0 atom stereocenters. The second kappa shape index (κ2) is 8.01. The lowest BCUT2D eigenvalue weighted by Crippen LogP contribution is -2.14. The molecule has 0 aliphatic carbocycles. The SMILES string of the molecule is CCOc1ccc(NC(=O)CSc2nnc(C(C)C)n2C)cc1. The van der Waals surface area contributed by atoms with Gasteiger partial charge in [0.1, 0.15) is 11.6 Å². The molecule has 124 valence electrons. The van der Waals surface area contributed by atoms with Crippen LogP contribution in [0.4, 0.5) is 5.69 Å². The summed E-state index contributed by atoms with van der Waals surface area (Å²) in [6.45, 7) is 6.69. The lowest BCUT2D eigenvalue weighted by atomic mass is 10.2. The maximum atomic E-state index is 12.0. The van der Waals surface area contributed by atoms with Gasteiger partial charge in [-0.2, -0.15) is 0 Å². The molecule has 1 heterocycles. The summed E-state index contributed by atoms with van der Waals surface area (Å²) in [6.07, 6.45) is 0. The summed E-state index contributed by atoms with van der Waals surface area (Å²) in [4.78, 5) is 12.0. The zero-order valence-electron chi connectivity index (χ0n) is 13.9. The zero-order chi connectivity index (χ0) is 16.8. The molecular weight excluding hydrogens is 312 g/mol. The Morgan fingerprint density at radius 2 is 2.00 bits per heavy atom. The number of hydrogen-bond donors (Lipinski definition) is 1. The Bertz CT molecular complexity index is 653. The standard InChI is InChI=1S/C16H22N4O2S/c1-5-22-13-8-6-12(7-9-13)17-14(21)10-23-16-19-18-15(11(2)3)20(16)4/h6-9,11H,5,10H2,1-4H3,(H,17,21). The van der Waals surface area contributed by atoms with Crippen molar-refractivity contribution in [2.75, 3.05) is 17.7 Å². The minimum absolute atomic E-state index is 0.0757. The minimum atomic E-state index is -0.0757. The van der Waals surface area contributed by atoms with Gasteiger partial charge in [-0.05, 0) is 31.2 Å². The van der Waals surface area contributed by atoms with Gasteiger partial charge in [0.15, 0.2) is 5.16 Å². The van der Waals surface area contributed by atoms with E-state index in [0.29, 0.717) is 12.5 Å². The van der Waals surface area contributed by atoms with E-state index < -0.39 is 0 Å². The van der Waals surface area contributed by atoms with Crippen molar-refractivity contribution in [2.24, 2.45) is 7.05 Å². The van der Waals surface area contributed by atoms with Crippen LogP contribution in [0.2, 0.25) is 0 Å². The average molecular weight is 334 g/mol. The number of rotatable bonds is 7. The van der Waals surface area contributed by atoms with Crippen LogP contribution in [-0.4, -0.2) is 33.0 Å². The number of benzene rings is 1. The Morgan fingerprint density at radius 3 is 2.57 bits per heavy atom. The smallest absolute Gasteiger partial charge is 0.234 e. The van der Waals surface area contributed by atoms with Crippen molar-refractivity contribution < 1.29 is 9.53 Å². The fourth-order valence-corrected chi connectivity index (χ4v) is 2.80. The van der Waals surface area contributed by atoms with Crippen LogP contribution in [0, 0.1) is 0 Å². The zero-order valence-corrected chi connectivity index (χ0v) is 14.7. The molecule has 0 saturated carbocycles. The summed E-state index contributed by atoms with van der Waals surface area (Å²) in [5, 5.41) is 11.9. The van der Waals surface area contributed by atoms with Gasteiger partial charge in [-0.25, -0.2) is 0 Å². The van der Waals surface area contributed by atoms with E-state index in [0.717, 1.165) is 22.4 Å². The van der Waals surface area contributed by atoms with E-state index in [9.17, 15) is 4.79 Å². The van der Waals surface area contributed by atoms with E-state index >= 15 is 0 Å². The first-order valence-electron chi connectivity index (χ1n) is 7.56. The van der Waals surface area contributed by atoms with E-state index in [1.54, 1.807) is 0 Å². The molecule has 0 unspecified atom stereocenters. The summed E-state index contributed by atoms with van der Waals surface area (Å²) < 4.78 is 7.30. The van der Waals surface area contributed by atoms with Gasteiger partial charge in [0.25, 0.3) is 0 Å². The number of aromatic nitrogens is 3.